The number of hydrogen-bond donors (Lipinski definition) is 4. The van der Waals surface area contributed by atoms with Crippen LogP contribution in [0.5, 0.6) is 0 Å². The van der Waals surface area contributed by atoms with Gasteiger partial charge in [0, 0.05) is 40.8 Å². The molecule has 7 nitrogen and oxygen atoms in total. The first-order valence-electron chi connectivity index (χ1n) is 9.41. The molecule has 3 aromatic heterocycles. The van der Waals surface area contributed by atoms with E-state index in [0.717, 1.165) is 59.3 Å². The molecular formula is C20H23N7. The van der Waals surface area contributed by atoms with Gasteiger partial charge in [0.1, 0.15) is 5.82 Å². The van der Waals surface area contributed by atoms with Gasteiger partial charge < -0.3 is 21.8 Å². The summed E-state index contributed by atoms with van der Waals surface area (Å²) in [5, 5.41) is 9.02. The Morgan fingerprint density at radius 2 is 1.96 bits per heavy atom. The average Bonchev–Trinajstić information content (AvgIpc) is 3.28. The van der Waals surface area contributed by atoms with Gasteiger partial charge in [0.05, 0.1) is 17.6 Å². The lowest BCUT2D eigenvalue weighted by atomic mass is 9.85. The van der Waals surface area contributed by atoms with Gasteiger partial charge in [-0.2, -0.15) is 0 Å². The summed E-state index contributed by atoms with van der Waals surface area (Å²) in [6, 6.07) is 10.4. The summed E-state index contributed by atoms with van der Waals surface area (Å²) in [5.41, 5.74) is 16.9. The normalized spacial score (nSPS) is 20.3. The number of H-pyrrole nitrogens is 1. The van der Waals surface area contributed by atoms with E-state index in [1.807, 2.05) is 24.5 Å². The Hall–Kier alpha value is -3.06. The third-order valence-electron chi connectivity index (χ3n) is 5.49. The molecule has 0 aliphatic heterocycles. The third kappa shape index (κ3) is 3.00. The molecule has 1 saturated carbocycles. The predicted molar refractivity (Wildman–Crippen MR) is 108 cm³/mol. The number of nitrogens with one attached hydrogen (secondary N) is 2. The van der Waals surface area contributed by atoms with Crippen LogP contribution in [0, 0.1) is 0 Å². The maximum Gasteiger partial charge on any atom is 0.177 e. The van der Waals surface area contributed by atoms with Crippen molar-refractivity contribution in [1.82, 2.24) is 19.6 Å². The van der Waals surface area contributed by atoms with Crippen molar-refractivity contribution < 1.29 is 0 Å². The molecule has 0 saturated heterocycles. The van der Waals surface area contributed by atoms with Crippen LogP contribution < -0.4 is 16.8 Å². The van der Waals surface area contributed by atoms with E-state index in [4.69, 9.17) is 16.5 Å². The van der Waals surface area contributed by atoms with E-state index < -0.39 is 0 Å². The van der Waals surface area contributed by atoms with E-state index in [1.54, 1.807) is 4.52 Å². The summed E-state index contributed by atoms with van der Waals surface area (Å²) in [7, 11) is 0. The lowest BCUT2D eigenvalue weighted by Gasteiger charge is -2.24. The molecule has 27 heavy (non-hydrogen) atoms. The van der Waals surface area contributed by atoms with Crippen molar-refractivity contribution in [1.29, 1.82) is 0 Å². The van der Waals surface area contributed by atoms with Crippen molar-refractivity contribution in [3.05, 3.63) is 48.4 Å². The van der Waals surface area contributed by atoms with E-state index in [1.165, 1.54) is 0 Å². The first-order valence-corrected chi connectivity index (χ1v) is 9.41. The Morgan fingerprint density at radius 1 is 1.11 bits per heavy atom. The van der Waals surface area contributed by atoms with Gasteiger partial charge in [-0.3, -0.25) is 0 Å². The van der Waals surface area contributed by atoms with Crippen molar-refractivity contribution in [3.8, 4) is 0 Å². The van der Waals surface area contributed by atoms with Gasteiger partial charge in [-0.25, -0.2) is 9.50 Å². The second-order valence-electron chi connectivity index (χ2n) is 7.43. The van der Waals surface area contributed by atoms with E-state index in [-0.39, 0.29) is 0 Å². The summed E-state index contributed by atoms with van der Waals surface area (Å²) < 4.78 is 1.79. The number of anilines is 3. The summed E-state index contributed by atoms with van der Waals surface area (Å²) in [6.07, 6.45) is 8.20. The molecule has 5 rings (SSSR count). The topological polar surface area (TPSA) is 110 Å². The average molecular weight is 361 g/mol. The van der Waals surface area contributed by atoms with Gasteiger partial charge >= 0.3 is 0 Å². The molecule has 1 aliphatic rings. The highest BCUT2D eigenvalue weighted by molar-refractivity contribution is 5.85. The van der Waals surface area contributed by atoms with Crippen LogP contribution in [0.15, 0.2) is 42.7 Å². The minimum absolute atomic E-state index is 0.327. The maximum absolute atomic E-state index is 6.04. The number of benzene rings is 1. The van der Waals surface area contributed by atoms with Gasteiger partial charge in [0.25, 0.3) is 0 Å². The molecule has 1 aromatic carbocycles. The molecule has 6 N–H and O–H groups in total. The monoisotopic (exact) mass is 361 g/mol. The van der Waals surface area contributed by atoms with E-state index in [9.17, 15) is 0 Å². The fourth-order valence-corrected chi connectivity index (χ4v) is 4.00. The number of aromatic amines is 1. The number of imidazole rings is 1. The number of nitrogens with two attached hydrogens (primary N) is 2. The van der Waals surface area contributed by atoms with Crippen LogP contribution in [0.4, 0.5) is 17.2 Å². The molecule has 0 bridgehead atoms. The Labute approximate surface area is 156 Å². The molecule has 0 atom stereocenters. The molecular weight excluding hydrogens is 338 g/mol. The van der Waals surface area contributed by atoms with Crippen LogP contribution in [-0.2, 0) is 0 Å². The summed E-state index contributed by atoms with van der Waals surface area (Å²) in [5.74, 6) is 0.902. The minimum atomic E-state index is 0.327. The standard InChI is InChI=1S/C20H23N7/c21-14-3-1-12(2-4-14)18-11-27-20(25-18)17(10-19(22)26-27)24-15-5-6-16-13(9-15)7-8-23-16/h5-12,14,23-24H,1-4,21H2,(H2,22,26). The van der Waals surface area contributed by atoms with Crippen LogP contribution in [0.1, 0.15) is 37.3 Å². The van der Waals surface area contributed by atoms with Crippen molar-refractivity contribution in [2.24, 2.45) is 5.73 Å². The number of nitrogens with zero attached hydrogens (tertiary/aromatic N) is 3. The fourth-order valence-electron chi connectivity index (χ4n) is 4.00. The number of fused-ring (bicyclic) bond motifs is 2. The lowest BCUT2D eigenvalue weighted by Crippen LogP contribution is -2.25. The second kappa shape index (κ2) is 6.28. The van der Waals surface area contributed by atoms with Crippen LogP contribution in [0.25, 0.3) is 16.6 Å². The second-order valence-corrected chi connectivity index (χ2v) is 7.43. The van der Waals surface area contributed by atoms with Crippen LogP contribution in [0.3, 0.4) is 0 Å². The smallest absolute Gasteiger partial charge is 0.177 e. The molecule has 138 valence electrons. The van der Waals surface area contributed by atoms with E-state index in [2.05, 4.69) is 33.6 Å². The Morgan fingerprint density at radius 3 is 2.81 bits per heavy atom. The highest BCUT2D eigenvalue weighted by atomic mass is 15.3. The molecule has 0 amide bonds. The van der Waals surface area contributed by atoms with Gasteiger partial charge in [0.15, 0.2) is 5.65 Å². The zero-order chi connectivity index (χ0) is 18.4. The first kappa shape index (κ1) is 16.1. The van der Waals surface area contributed by atoms with Crippen LogP contribution in [-0.4, -0.2) is 25.6 Å². The van der Waals surface area contributed by atoms with Gasteiger partial charge in [-0.05, 0) is 49.9 Å². The van der Waals surface area contributed by atoms with E-state index in [0.29, 0.717) is 17.8 Å². The predicted octanol–water partition coefficient (Wildman–Crippen LogP) is 3.52. The number of aromatic nitrogens is 4. The highest BCUT2D eigenvalue weighted by Gasteiger charge is 2.23. The summed E-state index contributed by atoms with van der Waals surface area (Å²) >= 11 is 0. The molecule has 1 aliphatic carbocycles. The molecule has 0 radical (unpaired) electrons. The number of hydrogen-bond acceptors (Lipinski definition) is 5. The molecule has 0 spiro atoms. The van der Waals surface area contributed by atoms with Crippen molar-refractivity contribution in [2.45, 2.75) is 37.6 Å². The molecule has 3 heterocycles. The lowest BCUT2D eigenvalue weighted by molar-refractivity contribution is 0.391. The maximum atomic E-state index is 6.04. The Balaban J connectivity index is 1.51. The van der Waals surface area contributed by atoms with E-state index >= 15 is 0 Å². The Kier molecular flexibility index (Phi) is 3.75. The van der Waals surface area contributed by atoms with Gasteiger partial charge in [-0.1, -0.05) is 0 Å². The van der Waals surface area contributed by atoms with Crippen molar-refractivity contribution >= 4 is 33.7 Å². The SMILES string of the molecule is Nc1cc(Nc2ccc3[nH]ccc3c2)c2nc(C3CCC(N)CC3)cn2n1. The van der Waals surface area contributed by atoms with Crippen LogP contribution in [0.2, 0.25) is 0 Å². The highest BCUT2D eigenvalue weighted by Crippen LogP contribution is 2.33. The van der Waals surface area contributed by atoms with Crippen LogP contribution >= 0.6 is 0 Å². The number of nitrogen functional groups attached to an aromatic ring is 1. The quantitative estimate of drug-likeness (QED) is 0.446. The van der Waals surface area contributed by atoms with Gasteiger partial charge in [0.2, 0.25) is 0 Å². The number of rotatable bonds is 3. The first-order chi connectivity index (χ1) is 13.2. The fraction of sp³-hybridized carbons (Fsp3) is 0.300. The zero-order valence-corrected chi connectivity index (χ0v) is 15.0. The molecule has 0 unspecified atom stereocenters. The largest absolute Gasteiger partial charge is 0.382 e. The minimum Gasteiger partial charge on any atom is -0.382 e. The molecule has 1 fully saturated rings. The third-order valence-corrected chi connectivity index (χ3v) is 5.49. The molecule has 4 aromatic rings. The molecule has 7 heteroatoms. The van der Waals surface area contributed by atoms with Crippen molar-refractivity contribution in [2.75, 3.05) is 11.1 Å². The Bertz CT molecular complexity index is 1100. The van der Waals surface area contributed by atoms with Crippen molar-refractivity contribution in [3.63, 3.8) is 0 Å². The zero-order valence-electron chi connectivity index (χ0n) is 15.0. The van der Waals surface area contributed by atoms with Gasteiger partial charge in [-0.15, -0.1) is 5.10 Å². The summed E-state index contributed by atoms with van der Waals surface area (Å²) in [6.45, 7) is 0. The summed E-state index contributed by atoms with van der Waals surface area (Å²) in [4.78, 5) is 8.10.